The topological polar surface area (TPSA) is 84.2 Å². The van der Waals surface area contributed by atoms with Gasteiger partial charge >= 0.3 is 0 Å². The van der Waals surface area contributed by atoms with E-state index >= 15 is 0 Å². The third kappa shape index (κ3) is 4.05. The number of rotatable bonds is 6. The quantitative estimate of drug-likeness (QED) is 0.763. The number of benzene rings is 2. The SMILES string of the molecule is CCCC(N)C(=O)NCC(=O)Nc1cccc2ccccc12. The molecule has 2 aromatic rings. The van der Waals surface area contributed by atoms with Gasteiger partial charge in [-0.25, -0.2) is 0 Å². The smallest absolute Gasteiger partial charge is 0.243 e. The van der Waals surface area contributed by atoms with E-state index in [1.165, 1.54) is 0 Å². The van der Waals surface area contributed by atoms with Crippen molar-refractivity contribution < 1.29 is 9.59 Å². The van der Waals surface area contributed by atoms with Crippen molar-refractivity contribution in [2.45, 2.75) is 25.8 Å². The highest BCUT2D eigenvalue weighted by molar-refractivity contribution is 6.03. The Balaban J connectivity index is 1.95. The van der Waals surface area contributed by atoms with Gasteiger partial charge in [-0.15, -0.1) is 0 Å². The van der Waals surface area contributed by atoms with Gasteiger partial charge in [0.15, 0.2) is 0 Å². The molecule has 0 fully saturated rings. The second-order valence-electron chi connectivity index (χ2n) is 5.19. The molecule has 0 bridgehead atoms. The fourth-order valence-electron chi connectivity index (χ4n) is 2.27. The van der Waals surface area contributed by atoms with E-state index < -0.39 is 6.04 Å². The van der Waals surface area contributed by atoms with Gasteiger partial charge in [-0.2, -0.15) is 0 Å². The Bertz CT molecular complexity index is 665. The lowest BCUT2D eigenvalue weighted by Gasteiger charge is -2.12. The molecule has 0 saturated heterocycles. The third-order valence-electron chi connectivity index (χ3n) is 3.42. The molecule has 5 nitrogen and oxygen atoms in total. The summed E-state index contributed by atoms with van der Waals surface area (Å²) in [5, 5.41) is 7.39. The number of hydrogen-bond donors (Lipinski definition) is 3. The molecule has 4 N–H and O–H groups in total. The van der Waals surface area contributed by atoms with E-state index in [9.17, 15) is 9.59 Å². The molecule has 0 radical (unpaired) electrons. The second-order valence-corrected chi connectivity index (χ2v) is 5.19. The van der Waals surface area contributed by atoms with Crippen LogP contribution in [-0.4, -0.2) is 24.4 Å². The van der Waals surface area contributed by atoms with Gasteiger partial charge in [0.05, 0.1) is 12.6 Å². The summed E-state index contributed by atoms with van der Waals surface area (Å²) in [6.45, 7) is 1.87. The van der Waals surface area contributed by atoms with Crippen molar-refractivity contribution in [3.63, 3.8) is 0 Å². The average molecular weight is 299 g/mol. The summed E-state index contributed by atoms with van der Waals surface area (Å²) in [5.41, 5.74) is 6.43. The summed E-state index contributed by atoms with van der Waals surface area (Å²) in [7, 11) is 0. The minimum Gasteiger partial charge on any atom is -0.346 e. The van der Waals surface area contributed by atoms with E-state index in [4.69, 9.17) is 5.73 Å². The monoisotopic (exact) mass is 299 g/mol. The van der Waals surface area contributed by atoms with Gasteiger partial charge in [0.2, 0.25) is 11.8 Å². The maximum Gasteiger partial charge on any atom is 0.243 e. The van der Waals surface area contributed by atoms with Crippen molar-refractivity contribution in [3.05, 3.63) is 42.5 Å². The van der Waals surface area contributed by atoms with Crippen LogP contribution < -0.4 is 16.4 Å². The van der Waals surface area contributed by atoms with Crippen LogP contribution in [-0.2, 0) is 9.59 Å². The first-order valence-corrected chi connectivity index (χ1v) is 7.42. The Kier molecular flexibility index (Phi) is 5.49. The molecule has 2 aromatic carbocycles. The molecular weight excluding hydrogens is 278 g/mol. The third-order valence-corrected chi connectivity index (χ3v) is 3.42. The summed E-state index contributed by atoms with van der Waals surface area (Å²) >= 11 is 0. The molecular formula is C17H21N3O2. The molecule has 2 amide bonds. The van der Waals surface area contributed by atoms with Crippen molar-refractivity contribution in [3.8, 4) is 0 Å². The standard InChI is InChI=1S/C17H21N3O2/c1-2-6-14(18)17(22)19-11-16(21)20-15-10-5-8-12-7-3-4-9-13(12)15/h3-5,7-10,14H,2,6,11,18H2,1H3,(H,19,22)(H,20,21). The Labute approximate surface area is 129 Å². The molecule has 1 atom stereocenters. The summed E-state index contributed by atoms with van der Waals surface area (Å²) in [4.78, 5) is 23.7. The Morgan fingerprint density at radius 3 is 2.64 bits per heavy atom. The number of fused-ring (bicyclic) bond motifs is 1. The lowest BCUT2D eigenvalue weighted by molar-refractivity contribution is -0.125. The van der Waals surface area contributed by atoms with Crippen LogP contribution in [0.5, 0.6) is 0 Å². The second kappa shape index (κ2) is 7.56. The largest absolute Gasteiger partial charge is 0.346 e. The van der Waals surface area contributed by atoms with Crippen LogP contribution in [0.25, 0.3) is 10.8 Å². The minimum absolute atomic E-state index is 0.0839. The zero-order chi connectivity index (χ0) is 15.9. The van der Waals surface area contributed by atoms with E-state index in [-0.39, 0.29) is 18.4 Å². The molecule has 1 unspecified atom stereocenters. The highest BCUT2D eigenvalue weighted by Gasteiger charge is 2.13. The zero-order valence-corrected chi connectivity index (χ0v) is 12.6. The molecule has 0 spiro atoms. The summed E-state index contributed by atoms with van der Waals surface area (Å²) < 4.78 is 0. The first-order chi connectivity index (χ1) is 10.6. The van der Waals surface area contributed by atoms with E-state index in [1.54, 1.807) is 0 Å². The number of nitrogens with one attached hydrogen (secondary N) is 2. The molecule has 0 heterocycles. The van der Waals surface area contributed by atoms with Gasteiger partial charge in [0.25, 0.3) is 0 Å². The molecule has 22 heavy (non-hydrogen) atoms. The van der Waals surface area contributed by atoms with Gasteiger partial charge in [-0.1, -0.05) is 49.7 Å². The van der Waals surface area contributed by atoms with E-state index in [2.05, 4.69) is 10.6 Å². The molecule has 5 heteroatoms. The van der Waals surface area contributed by atoms with Crippen LogP contribution in [0.1, 0.15) is 19.8 Å². The highest BCUT2D eigenvalue weighted by atomic mass is 16.2. The van der Waals surface area contributed by atoms with Crippen LogP contribution in [0.3, 0.4) is 0 Å². The molecule has 0 saturated carbocycles. The number of carbonyl (C=O) groups excluding carboxylic acids is 2. The lowest BCUT2D eigenvalue weighted by Crippen LogP contribution is -2.43. The molecule has 0 aromatic heterocycles. The molecule has 0 aliphatic rings. The minimum atomic E-state index is -0.560. The van der Waals surface area contributed by atoms with Gasteiger partial charge in [-0.05, 0) is 17.9 Å². The van der Waals surface area contributed by atoms with Crippen molar-refractivity contribution in [2.75, 3.05) is 11.9 Å². The Hall–Kier alpha value is -2.40. The molecule has 2 rings (SSSR count). The van der Waals surface area contributed by atoms with Crippen molar-refractivity contribution in [1.82, 2.24) is 5.32 Å². The highest BCUT2D eigenvalue weighted by Crippen LogP contribution is 2.22. The van der Waals surface area contributed by atoms with Crippen molar-refractivity contribution in [2.24, 2.45) is 5.73 Å². The van der Waals surface area contributed by atoms with E-state index in [0.29, 0.717) is 6.42 Å². The first kappa shape index (κ1) is 16.0. The Morgan fingerprint density at radius 1 is 1.14 bits per heavy atom. The average Bonchev–Trinajstić information content (AvgIpc) is 2.53. The number of anilines is 1. The van der Waals surface area contributed by atoms with Crippen LogP contribution in [0.15, 0.2) is 42.5 Å². The first-order valence-electron chi connectivity index (χ1n) is 7.42. The van der Waals surface area contributed by atoms with Gasteiger partial charge in [0.1, 0.15) is 0 Å². The molecule has 116 valence electrons. The number of hydrogen-bond acceptors (Lipinski definition) is 3. The number of carbonyl (C=O) groups is 2. The Morgan fingerprint density at radius 2 is 1.86 bits per heavy atom. The van der Waals surface area contributed by atoms with E-state index in [1.807, 2.05) is 49.4 Å². The maximum absolute atomic E-state index is 12.0. The maximum atomic E-state index is 12.0. The molecule has 0 aliphatic carbocycles. The number of nitrogens with two attached hydrogens (primary N) is 1. The van der Waals surface area contributed by atoms with Gasteiger partial charge in [0, 0.05) is 11.1 Å². The predicted octanol–water partition coefficient (Wildman–Crippen LogP) is 2.02. The predicted molar refractivity (Wildman–Crippen MR) is 88.5 cm³/mol. The lowest BCUT2D eigenvalue weighted by atomic mass is 10.1. The van der Waals surface area contributed by atoms with Crippen molar-refractivity contribution in [1.29, 1.82) is 0 Å². The van der Waals surface area contributed by atoms with Crippen LogP contribution in [0.4, 0.5) is 5.69 Å². The van der Waals surface area contributed by atoms with Crippen molar-refractivity contribution >= 4 is 28.3 Å². The van der Waals surface area contributed by atoms with Gasteiger partial charge in [-0.3, -0.25) is 9.59 Å². The zero-order valence-electron chi connectivity index (χ0n) is 12.6. The molecule has 0 aliphatic heterocycles. The fourth-order valence-corrected chi connectivity index (χ4v) is 2.27. The van der Waals surface area contributed by atoms with Gasteiger partial charge < -0.3 is 16.4 Å². The van der Waals surface area contributed by atoms with Crippen LogP contribution >= 0.6 is 0 Å². The normalized spacial score (nSPS) is 11.9. The van der Waals surface area contributed by atoms with E-state index in [0.717, 1.165) is 22.9 Å². The fraction of sp³-hybridized carbons (Fsp3) is 0.294. The summed E-state index contributed by atoms with van der Waals surface area (Å²) in [6.07, 6.45) is 1.44. The van der Waals surface area contributed by atoms with Crippen LogP contribution in [0, 0.1) is 0 Å². The number of amides is 2. The summed E-state index contributed by atoms with van der Waals surface area (Å²) in [6, 6.07) is 12.9. The van der Waals surface area contributed by atoms with Crippen LogP contribution in [0.2, 0.25) is 0 Å². The summed E-state index contributed by atoms with van der Waals surface area (Å²) in [5.74, 6) is -0.566.